The molecule has 1 fully saturated rings. The van der Waals surface area contributed by atoms with Gasteiger partial charge in [0.15, 0.2) is 4.80 Å². The van der Waals surface area contributed by atoms with Crippen LogP contribution in [0, 0.1) is 12.8 Å². The number of aryl methyl sites for hydroxylation is 1. The quantitative estimate of drug-likeness (QED) is 0.868. The minimum absolute atomic E-state index is 0.0273. The van der Waals surface area contributed by atoms with Crippen LogP contribution in [0.25, 0.3) is 10.2 Å². The van der Waals surface area contributed by atoms with Gasteiger partial charge in [0.1, 0.15) is 0 Å². The number of benzene rings is 1. The Hall–Kier alpha value is -1.46. The van der Waals surface area contributed by atoms with Gasteiger partial charge < -0.3 is 9.30 Å². The summed E-state index contributed by atoms with van der Waals surface area (Å²) >= 11 is 1.58. The average molecular weight is 290 g/mol. The molecule has 1 saturated carbocycles. The molecular weight excluding hydrogens is 272 g/mol. The van der Waals surface area contributed by atoms with E-state index in [4.69, 9.17) is 4.74 Å². The van der Waals surface area contributed by atoms with Gasteiger partial charge in [-0.25, -0.2) is 0 Å². The lowest BCUT2D eigenvalue weighted by Crippen LogP contribution is -2.19. The third-order valence-corrected chi connectivity index (χ3v) is 4.53. The number of rotatable bonds is 4. The minimum Gasteiger partial charge on any atom is -0.383 e. The molecule has 3 rings (SSSR count). The van der Waals surface area contributed by atoms with Crippen molar-refractivity contribution in [1.82, 2.24) is 4.57 Å². The molecule has 1 aromatic heterocycles. The van der Waals surface area contributed by atoms with Crippen molar-refractivity contribution in [3.8, 4) is 0 Å². The van der Waals surface area contributed by atoms with E-state index in [1.165, 1.54) is 10.3 Å². The number of fused-ring (bicyclic) bond motifs is 1. The second-order valence-corrected chi connectivity index (χ2v) is 6.23. The lowest BCUT2D eigenvalue weighted by molar-refractivity contribution is -0.119. The molecule has 1 aliphatic rings. The summed E-state index contributed by atoms with van der Waals surface area (Å²) in [7, 11) is 1.69. The maximum Gasteiger partial charge on any atom is 0.251 e. The lowest BCUT2D eigenvalue weighted by Gasteiger charge is -2.04. The van der Waals surface area contributed by atoms with E-state index < -0.39 is 0 Å². The molecule has 5 heteroatoms. The number of aromatic nitrogens is 1. The number of nitrogens with zero attached hydrogens (tertiary/aromatic N) is 2. The van der Waals surface area contributed by atoms with E-state index in [0.717, 1.165) is 29.7 Å². The molecule has 2 aromatic rings. The van der Waals surface area contributed by atoms with Crippen LogP contribution in [0.4, 0.5) is 0 Å². The van der Waals surface area contributed by atoms with Gasteiger partial charge >= 0.3 is 0 Å². The number of hydrogen-bond acceptors (Lipinski definition) is 3. The molecule has 0 saturated heterocycles. The van der Waals surface area contributed by atoms with Gasteiger partial charge in [0.25, 0.3) is 5.91 Å². The molecule has 1 amide bonds. The van der Waals surface area contributed by atoms with E-state index in [0.29, 0.717) is 6.61 Å². The third-order valence-electron chi connectivity index (χ3n) is 3.49. The van der Waals surface area contributed by atoms with Crippen molar-refractivity contribution >= 4 is 27.5 Å². The molecule has 20 heavy (non-hydrogen) atoms. The Morgan fingerprint density at radius 2 is 2.30 bits per heavy atom. The summed E-state index contributed by atoms with van der Waals surface area (Å²) in [5.74, 6) is 0.192. The highest BCUT2D eigenvalue weighted by Crippen LogP contribution is 2.30. The molecule has 1 heterocycles. The highest BCUT2D eigenvalue weighted by molar-refractivity contribution is 7.16. The van der Waals surface area contributed by atoms with Crippen molar-refractivity contribution in [1.29, 1.82) is 0 Å². The third kappa shape index (κ3) is 2.69. The Balaban J connectivity index is 2.10. The van der Waals surface area contributed by atoms with Gasteiger partial charge in [-0.3, -0.25) is 4.79 Å². The molecular formula is C15H18N2O2S. The standard InChI is InChI=1S/C15H18N2O2S/c1-10-3-6-12-13(9-10)20-15(17(12)7-8-19-2)16-14(18)11-4-5-11/h3,6,9,11H,4-5,7-8H2,1-2H3. The lowest BCUT2D eigenvalue weighted by atomic mass is 10.2. The molecule has 0 unspecified atom stereocenters. The predicted octanol–water partition coefficient (Wildman–Crippen LogP) is 2.49. The summed E-state index contributed by atoms with van der Waals surface area (Å²) < 4.78 is 8.42. The maximum atomic E-state index is 11.9. The van der Waals surface area contributed by atoms with Gasteiger partial charge in [-0.15, -0.1) is 0 Å². The Labute approximate surface area is 121 Å². The summed E-state index contributed by atoms with van der Waals surface area (Å²) in [6.07, 6.45) is 1.98. The number of hydrogen-bond donors (Lipinski definition) is 0. The molecule has 0 radical (unpaired) electrons. The van der Waals surface area contributed by atoms with Gasteiger partial charge in [0, 0.05) is 19.6 Å². The maximum absolute atomic E-state index is 11.9. The van der Waals surface area contributed by atoms with Crippen LogP contribution in [0.2, 0.25) is 0 Å². The van der Waals surface area contributed by atoms with Crippen molar-refractivity contribution in [2.45, 2.75) is 26.3 Å². The predicted molar refractivity (Wildman–Crippen MR) is 79.7 cm³/mol. The van der Waals surface area contributed by atoms with Crippen molar-refractivity contribution in [2.75, 3.05) is 13.7 Å². The smallest absolute Gasteiger partial charge is 0.251 e. The zero-order valence-corrected chi connectivity index (χ0v) is 12.6. The average Bonchev–Trinajstić information content (AvgIpc) is 3.21. The van der Waals surface area contributed by atoms with Gasteiger partial charge in [-0.05, 0) is 37.5 Å². The van der Waals surface area contributed by atoms with Crippen molar-refractivity contribution in [2.24, 2.45) is 10.9 Å². The van der Waals surface area contributed by atoms with E-state index in [2.05, 4.69) is 34.7 Å². The number of amides is 1. The first-order valence-electron chi connectivity index (χ1n) is 6.86. The number of ether oxygens (including phenoxy) is 1. The number of methoxy groups -OCH3 is 1. The van der Waals surface area contributed by atoms with Crippen LogP contribution < -0.4 is 4.80 Å². The van der Waals surface area contributed by atoms with Gasteiger partial charge in [-0.2, -0.15) is 4.99 Å². The van der Waals surface area contributed by atoms with Gasteiger partial charge in [-0.1, -0.05) is 17.4 Å². The Bertz CT molecular complexity index is 710. The van der Waals surface area contributed by atoms with Crippen LogP contribution in [-0.4, -0.2) is 24.2 Å². The summed E-state index contributed by atoms with van der Waals surface area (Å²) in [4.78, 5) is 17.1. The molecule has 1 aliphatic carbocycles. The van der Waals surface area contributed by atoms with Crippen LogP contribution in [0.15, 0.2) is 23.2 Å². The monoisotopic (exact) mass is 290 g/mol. The second-order valence-electron chi connectivity index (χ2n) is 5.22. The first kappa shape index (κ1) is 13.5. The summed E-state index contributed by atoms with van der Waals surface area (Å²) in [6.45, 7) is 3.41. The molecule has 106 valence electrons. The summed E-state index contributed by atoms with van der Waals surface area (Å²) in [6, 6.07) is 6.33. The fraction of sp³-hybridized carbons (Fsp3) is 0.467. The molecule has 0 bridgehead atoms. The van der Waals surface area contributed by atoms with Crippen LogP contribution in [0.5, 0.6) is 0 Å². The Kier molecular flexibility index (Phi) is 3.72. The fourth-order valence-corrected chi connectivity index (χ4v) is 3.34. The number of carbonyl (C=O) groups excluding carboxylic acids is 1. The van der Waals surface area contributed by atoms with E-state index in [9.17, 15) is 4.79 Å². The molecule has 4 nitrogen and oxygen atoms in total. The van der Waals surface area contributed by atoms with Crippen LogP contribution in [-0.2, 0) is 16.1 Å². The Morgan fingerprint density at radius 1 is 1.50 bits per heavy atom. The fourth-order valence-electron chi connectivity index (χ4n) is 2.18. The summed E-state index contributed by atoms with van der Waals surface area (Å²) in [5.41, 5.74) is 2.35. The van der Waals surface area contributed by atoms with E-state index >= 15 is 0 Å². The topological polar surface area (TPSA) is 43.6 Å². The molecule has 0 atom stereocenters. The van der Waals surface area contributed by atoms with E-state index in [1.54, 1.807) is 18.4 Å². The normalized spacial score (nSPS) is 16.0. The molecule has 0 spiro atoms. The van der Waals surface area contributed by atoms with Crippen molar-refractivity contribution < 1.29 is 9.53 Å². The zero-order valence-electron chi connectivity index (χ0n) is 11.8. The van der Waals surface area contributed by atoms with E-state index in [-0.39, 0.29) is 11.8 Å². The first-order valence-corrected chi connectivity index (χ1v) is 7.68. The molecule has 0 aliphatic heterocycles. The van der Waals surface area contributed by atoms with Gasteiger partial charge in [0.05, 0.1) is 16.8 Å². The number of carbonyl (C=O) groups is 1. The summed E-state index contributed by atoms with van der Waals surface area (Å²) in [5, 5.41) is 0. The van der Waals surface area contributed by atoms with Crippen LogP contribution in [0.1, 0.15) is 18.4 Å². The van der Waals surface area contributed by atoms with E-state index in [1.807, 2.05) is 0 Å². The largest absolute Gasteiger partial charge is 0.383 e. The zero-order chi connectivity index (χ0) is 14.1. The SMILES string of the molecule is COCCn1c(=NC(=O)C2CC2)sc2cc(C)ccc21. The van der Waals surface area contributed by atoms with Crippen LogP contribution in [0.3, 0.4) is 0 Å². The minimum atomic E-state index is 0.0273. The van der Waals surface area contributed by atoms with Crippen molar-refractivity contribution in [3.63, 3.8) is 0 Å². The Morgan fingerprint density at radius 3 is 3.00 bits per heavy atom. The van der Waals surface area contributed by atoms with Crippen LogP contribution >= 0.6 is 11.3 Å². The highest BCUT2D eigenvalue weighted by Gasteiger charge is 2.29. The van der Waals surface area contributed by atoms with Crippen molar-refractivity contribution in [3.05, 3.63) is 28.6 Å². The number of thiazole rings is 1. The molecule has 0 N–H and O–H groups in total. The second kappa shape index (κ2) is 5.50. The first-order chi connectivity index (χ1) is 9.69. The molecule has 1 aromatic carbocycles. The highest BCUT2D eigenvalue weighted by atomic mass is 32.1. The van der Waals surface area contributed by atoms with Gasteiger partial charge in [0.2, 0.25) is 0 Å².